The molecule has 0 N–H and O–H groups in total. The number of carbonyl (C=O) groups is 1. The Bertz CT molecular complexity index is 1170. The predicted octanol–water partition coefficient (Wildman–Crippen LogP) is 3.47. The van der Waals surface area contributed by atoms with Crippen LogP contribution in [-0.2, 0) is 10.0 Å². The summed E-state index contributed by atoms with van der Waals surface area (Å²) in [5, 5.41) is 0.955. The van der Waals surface area contributed by atoms with Crippen molar-refractivity contribution in [3.8, 4) is 0 Å². The lowest BCUT2D eigenvalue weighted by Gasteiger charge is -2.33. The fourth-order valence-corrected chi connectivity index (χ4v) is 5.73. The fourth-order valence-electron chi connectivity index (χ4n) is 3.22. The molecule has 1 aromatic heterocycles. The molecular formula is C19H15F3N2O3S2. The molecule has 2 aromatic carbocycles. The van der Waals surface area contributed by atoms with Gasteiger partial charge in [-0.05, 0) is 29.7 Å². The Morgan fingerprint density at radius 1 is 0.931 bits per heavy atom. The molecule has 0 spiro atoms. The first-order chi connectivity index (χ1) is 13.8. The van der Waals surface area contributed by atoms with E-state index in [1.54, 1.807) is 6.07 Å². The molecule has 0 aliphatic carbocycles. The van der Waals surface area contributed by atoms with Gasteiger partial charge in [-0.15, -0.1) is 11.3 Å². The van der Waals surface area contributed by atoms with Crippen LogP contribution in [-0.4, -0.2) is 49.7 Å². The average Bonchev–Trinajstić information content (AvgIpc) is 3.15. The number of carbonyl (C=O) groups excluding carboxylic acids is 1. The fraction of sp³-hybridized carbons (Fsp3) is 0.211. The van der Waals surface area contributed by atoms with E-state index in [0.717, 1.165) is 14.4 Å². The monoisotopic (exact) mass is 440 g/mol. The maximum atomic E-state index is 14.0. The zero-order valence-corrected chi connectivity index (χ0v) is 16.6. The van der Waals surface area contributed by atoms with Crippen molar-refractivity contribution in [2.24, 2.45) is 0 Å². The molecule has 5 nitrogen and oxygen atoms in total. The first kappa shape index (κ1) is 19.9. The van der Waals surface area contributed by atoms with Crippen LogP contribution < -0.4 is 0 Å². The van der Waals surface area contributed by atoms with Crippen LogP contribution in [0.15, 0.2) is 47.4 Å². The Balaban J connectivity index is 1.50. The maximum absolute atomic E-state index is 14.0. The number of halogens is 3. The van der Waals surface area contributed by atoms with Crippen LogP contribution in [0.1, 0.15) is 9.67 Å². The second kappa shape index (κ2) is 7.43. The van der Waals surface area contributed by atoms with Crippen LogP contribution in [0.3, 0.4) is 0 Å². The highest BCUT2D eigenvalue weighted by Gasteiger charge is 2.34. The van der Waals surface area contributed by atoms with Gasteiger partial charge in [-0.2, -0.15) is 4.31 Å². The van der Waals surface area contributed by atoms with Crippen molar-refractivity contribution < 1.29 is 26.4 Å². The second-order valence-corrected chi connectivity index (χ2v) is 9.51. The van der Waals surface area contributed by atoms with Gasteiger partial charge >= 0.3 is 0 Å². The summed E-state index contributed by atoms with van der Waals surface area (Å²) in [4.78, 5) is 13.9. The zero-order chi connectivity index (χ0) is 20.8. The third-order valence-electron chi connectivity index (χ3n) is 4.78. The molecule has 10 heteroatoms. The quantitative estimate of drug-likeness (QED) is 0.586. The number of nitrogens with zero attached hydrogens (tertiary/aromatic N) is 2. The van der Waals surface area contributed by atoms with Crippen molar-refractivity contribution in [2.75, 3.05) is 26.2 Å². The van der Waals surface area contributed by atoms with Gasteiger partial charge in [0.1, 0.15) is 4.90 Å². The molecule has 1 aliphatic rings. The minimum atomic E-state index is -4.35. The molecule has 1 amide bonds. The van der Waals surface area contributed by atoms with Crippen molar-refractivity contribution in [3.63, 3.8) is 0 Å². The molecule has 4 rings (SSSR count). The van der Waals surface area contributed by atoms with E-state index in [1.807, 2.05) is 24.3 Å². The van der Waals surface area contributed by atoms with Crippen molar-refractivity contribution in [2.45, 2.75) is 4.90 Å². The molecule has 0 radical (unpaired) electrons. The molecule has 0 bridgehead atoms. The Morgan fingerprint density at radius 3 is 2.31 bits per heavy atom. The SMILES string of the molecule is O=C(c1cc2ccccc2s1)N1CCN(S(=O)(=O)c2ccc(F)c(F)c2F)CC1. The van der Waals surface area contributed by atoms with E-state index in [4.69, 9.17) is 0 Å². The van der Waals surface area contributed by atoms with Crippen LogP contribution in [0.4, 0.5) is 13.2 Å². The summed E-state index contributed by atoms with van der Waals surface area (Å²) in [6.45, 7) is 0.0734. The highest BCUT2D eigenvalue weighted by Crippen LogP contribution is 2.28. The lowest BCUT2D eigenvalue weighted by molar-refractivity contribution is 0.0702. The normalized spacial score (nSPS) is 15.8. The largest absolute Gasteiger partial charge is 0.335 e. The lowest BCUT2D eigenvalue weighted by atomic mass is 10.2. The number of fused-ring (bicyclic) bond motifs is 1. The maximum Gasteiger partial charge on any atom is 0.264 e. The van der Waals surface area contributed by atoms with Gasteiger partial charge in [0.25, 0.3) is 5.91 Å². The van der Waals surface area contributed by atoms with Gasteiger partial charge in [0.2, 0.25) is 10.0 Å². The topological polar surface area (TPSA) is 57.7 Å². The van der Waals surface area contributed by atoms with E-state index in [0.29, 0.717) is 17.0 Å². The van der Waals surface area contributed by atoms with Crippen LogP contribution >= 0.6 is 11.3 Å². The van der Waals surface area contributed by atoms with E-state index in [-0.39, 0.29) is 32.1 Å². The van der Waals surface area contributed by atoms with Gasteiger partial charge in [0, 0.05) is 30.9 Å². The van der Waals surface area contributed by atoms with Crippen molar-refractivity contribution in [3.05, 3.63) is 64.8 Å². The van der Waals surface area contributed by atoms with Gasteiger partial charge in [-0.25, -0.2) is 21.6 Å². The number of hydrogen-bond acceptors (Lipinski definition) is 4. The Kier molecular flexibility index (Phi) is 5.09. The number of hydrogen-bond donors (Lipinski definition) is 0. The molecule has 0 saturated carbocycles. The third-order valence-corrected chi connectivity index (χ3v) is 7.80. The number of amides is 1. The number of thiophene rings is 1. The summed E-state index contributed by atoms with van der Waals surface area (Å²) < 4.78 is 67.7. The van der Waals surface area contributed by atoms with Gasteiger partial charge in [-0.1, -0.05) is 18.2 Å². The van der Waals surface area contributed by atoms with E-state index in [2.05, 4.69) is 0 Å². The van der Waals surface area contributed by atoms with E-state index in [1.165, 1.54) is 16.2 Å². The number of sulfonamides is 1. The van der Waals surface area contributed by atoms with Crippen LogP contribution in [0.5, 0.6) is 0 Å². The molecule has 29 heavy (non-hydrogen) atoms. The molecule has 1 fully saturated rings. The van der Waals surface area contributed by atoms with Crippen LogP contribution in [0.2, 0.25) is 0 Å². The van der Waals surface area contributed by atoms with E-state index >= 15 is 0 Å². The van der Waals surface area contributed by atoms with Crippen molar-refractivity contribution in [1.82, 2.24) is 9.21 Å². The summed E-state index contributed by atoms with van der Waals surface area (Å²) in [6.07, 6.45) is 0. The first-order valence-electron chi connectivity index (χ1n) is 8.70. The van der Waals surface area contributed by atoms with Gasteiger partial charge in [0.05, 0.1) is 4.88 Å². The standard InChI is InChI=1S/C19H15F3N2O3S2/c20-13-5-6-16(18(22)17(13)21)29(26,27)24-9-7-23(8-10-24)19(25)15-11-12-3-1-2-4-14(12)28-15/h1-6,11H,7-10H2. The van der Waals surface area contributed by atoms with Gasteiger partial charge in [0.15, 0.2) is 17.5 Å². The van der Waals surface area contributed by atoms with Crippen LogP contribution in [0, 0.1) is 17.5 Å². The molecule has 3 aromatic rings. The first-order valence-corrected chi connectivity index (χ1v) is 11.0. The molecule has 1 saturated heterocycles. The van der Waals surface area contributed by atoms with Crippen molar-refractivity contribution >= 4 is 37.4 Å². The molecule has 0 atom stereocenters. The highest BCUT2D eigenvalue weighted by atomic mass is 32.2. The number of benzene rings is 2. The average molecular weight is 440 g/mol. The Morgan fingerprint density at radius 2 is 1.62 bits per heavy atom. The minimum Gasteiger partial charge on any atom is -0.335 e. The van der Waals surface area contributed by atoms with E-state index < -0.39 is 32.4 Å². The molecule has 2 heterocycles. The smallest absolute Gasteiger partial charge is 0.264 e. The molecule has 0 unspecified atom stereocenters. The third kappa shape index (κ3) is 3.52. The highest BCUT2D eigenvalue weighted by molar-refractivity contribution is 7.89. The van der Waals surface area contributed by atoms with Gasteiger partial charge < -0.3 is 4.90 Å². The number of rotatable bonds is 3. The van der Waals surface area contributed by atoms with E-state index in [9.17, 15) is 26.4 Å². The minimum absolute atomic E-state index is 0.0720. The van der Waals surface area contributed by atoms with Crippen LogP contribution in [0.25, 0.3) is 10.1 Å². The lowest BCUT2D eigenvalue weighted by Crippen LogP contribution is -2.50. The zero-order valence-electron chi connectivity index (χ0n) is 14.9. The second-order valence-electron chi connectivity index (χ2n) is 6.52. The van der Waals surface area contributed by atoms with Gasteiger partial charge in [-0.3, -0.25) is 4.79 Å². The predicted molar refractivity (Wildman–Crippen MR) is 103 cm³/mol. The summed E-state index contributed by atoms with van der Waals surface area (Å²) in [6, 6.07) is 10.7. The number of piperazine rings is 1. The summed E-state index contributed by atoms with van der Waals surface area (Å²) >= 11 is 1.36. The molecule has 152 valence electrons. The summed E-state index contributed by atoms with van der Waals surface area (Å²) in [5.41, 5.74) is 0. The van der Waals surface area contributed by atoms with Crippen molar-refractivity contribution in [1.29, 1.82) is 0 Å². The summed E-state index contributed by atoms with van der Waals surface area (Å²) in [7, 11) is -4.35. The molecular weight excluding hydrogens is 425 g/mol. The summed E-state index contributed by atoms with van der Waals surface area (Å²) in [5.74, 6) is -5.24. The Labute approximate surface area is 169 Å². The Hall–Kier alpha value is -2.43. The molecule has 1 aliphatic heterocycles.